The number of fused-ring (bicyclic) bond motifs is 1. The lowest BCUT2D eigenvalue weighted by Crippen LogP contribution is -2.46. The third-order valence-electron chi connectivity index (χ3n) is 7.79. The number of halogens is 1. The number of benzene rings is 1. The first kappa shape index (κ1) is 46.4. The van der Waals surface area contributed by atoms with Crippen LogP contribution in [0.15, 0.2) is 36.9 Å². The number of thioether (sulfide) groups is 1. The Kier molecular flexibility index (Phi) is 15.6. The predicted octanol–water partition coefficient (Wildman–Crippen LogP) is -2.41. The molecule has 6 N–H and O–H groups in total. The van der Waals surface area contributed by atoms with Crippen molar-refractivity contribution in [1.82, 2.24) is 30.2 Å². The first-order chi connectivity index (χ1) is 26.5. The van der Waals surface area contributed by atoms with Gasteiger partial charge in [-0.25, -0.2) is 23.7 Å². The van der Waals surface area contributed by atoms with Crippen molar-refractivity contribution in [3.05, 3.63) is 48.3 Å². The van der Waals surface area contributed by atoms with E-state index in [1.165, 1.54) is 26.0 Å². The van der Waals surface area contributed by atoms with Crippen LogP contribution in [0, 0.1) is 11.2 Å². The third-order valence-corrected chi connectivity index (χ3v) is 11.7. The van der Waals surface area contributed by atoms with Crippen molar-refractivity contribution >= 4 is 69.1 Å². The number of anilines is 1. The molecule has 0 saturated carbocycles. The van der Waals surface area contributed by atoms with Gasteiger partial charge in [0.1, 0.15) is 42.1 Å². The highest BCUT2D eigenvalue weighted by atomic mass is 32.2. The van der Waals surface area contributed by atoms with Crippen molar-refractivity contribution in [3.8, 4) is 0 Å². The van der Waals surface area contributed by atoms with Gasteiger partial charge in [-0.05, 0) is 24.3 Å². The topological polar surface area (TPSA) is 375 Å². The summed E-state index contributed by atoms with van der Waals surface area (Å²) in [7, 11) is -17.6. The van der Waals surface area contributed by atoms with Crippen molar-refractivity contribution in [2.75, 3.05) is 37.8 Å². The molecule has 0 spiro atoms. The zero-order valence-electron chi connectivity index (χ0n) is 29.6. The lowest BCUT2D eigenvalue weighted by atomic mass is 9.87. The van der Waals surface area contributed by atoms with Crippen molar-refractivity contribution in [3.63, 3.8) is 0 Å². The summed E-state index contributed by atoms with van der Waals surface area (Å²) in [6, 6.07) is 4.93. The number of hydrogen-bond donors (Lipinski definition) is 5. The molecule has 1 fully saturated rings. The average Bonchev–Trinajstić information content (AvgIpc) is 3.68. The van der Waals surface area contributed by atoms with Crippen LogP contribution in [-0.2, 0) is 45.9 Å². The Morgan fingerprint density at radius 2 is 1.72 bits per heavy atom. The summed E-state index contributed by atoms with van der Waals surface area (Å²) in [5.74, 6) is -1.95. The van der Waals surface area contributed by atoms with E-state index in [-0.39, 0.29) is 52.9 Å². The van der Waals surface area contributed by atoms with Crippen molar-refractivity contribution in [2.24, 2.45) is 5.41 Å². The number of phosphoric acid groups is 3. The fraction of sp³-hybridized carbons (Fsp3) is 0.500. The molecule has 3 heterocycles. The Morgan fingerprint density at radius 1 is 1.05 bits per heavy atom. The number of ether oxygens (including phenoxy) is 1. The summed E-state index contributed by atoms with van der Waals surface area (Å²) >= 11 is 0.895. The fourth-order valence-corrected chi connectivity index (χ4v) is 8.35. The van der Waals surface area contributed by atoms with Crippen LogP contribution in [0.25, 0.3) is 11.2 Å². The summed E-state index contributed by atoms with van der Waals surface area (Å²) in [5.41, 5.74) is 4.30. The van der Waals surface area contributed by atoms with E-state index in [1.54, 1.807) is 0 Å². The van der Waals surface area contributed by atoms with Crippen LogP contribution in [-0.4, -0.2) is 103 Å². The highest BCUT2D eigenvalue weighted by molar-refractivity contribution is 8.14. The fourth-order valence-electron chi connectivity index (χ4n) is 4.92. The number of nitrogens with one attached hydrogen (secondary N) is 2. The van der Waals surface area contributed by atoms with Gasteiger partial charge in [0.25, 0.3) is 15.6 Å². The number of nitrogen functional groups attached to an aromatic ring is 1. The summed E-state index contributed by atoms with van der Waals surface area (Å²) < 4.78 is 73.4. The monoisotopic (exact) mass is 885 g/mol. The van der Waals surface area contributed by atoms with Crippen molar-refractivity contribution in [1.29, 1.82) is 0 Å². The van der Waals surface area contributed by atoms with Crippen LogP contribution >= 0.6 is 35.2 Å². The minimum atomic E-state index is -5.93. The number of amides is 2. The zero-order chi connectivity index (χ0) is 42.3. The minimum Gasteiger partial charge on any atom is -0.790 e. The Hall–Kier alpha value is -3.29. The van der Waals surface area contributed by atoms with Crippen LogP contribution in [0.2, 0.25) is 0 Å². The Labute approximate surface area is 326 Å². The summed E-state index contributed by atoms with van der Waals surface area (Å²) in [4.78, 5) is 96.1. The first-order valence-electron chi connectivity index (χ1n) is 16.2. The molecular weight excluding hydrogens is 850 g/mol. The minimum absolute atomic E-state index is 0.0298. The van der Waals surface area contributed by atoms with E-state index in [9.17, 15) is 62.3 Å². The van der Waals surface area contributed by atoms with E-state index in [0.29, 0.717) is 0 Å². The molecule has 57 heavy (non-hydrogen) atoms. The van der Waals surface area contributed by atoms with Crippen molar-refractivity contribution in [2.45, 2.75) is 50.9 Å². The predicted molar refractivity (Wildman–Crippen MR) is 184 cm³/mol. The number of nitrogens with two attached hydrogens (primary N) is 1. The second-order valence-corrected chi connectivity index (χ2v) is 17.8. The van der Waals surface area contributed by atoms with E-state index in [0.717, 1.165) is 41.1 Å². The van der Waals surface area contributed by atoms with Gasteiger partial charge in [0.05, 0.1) is 27.4 Å². The molecule has 316 valence electrons. The molecule has 29 heteroatoms. The highest BCUT2D eigenvalue weighted by Gasteiger charge is 2.47. The van der Waals surface area contributed by atoms with Gasteiger partial charge < -0.3 is 69.0 Å². The van der Waals surface area contributed by atoms with Gasteiger partial charge >= 0.3 is 0 Å². The molecule has 0 bridgehead atoms. The molecule has 1 aliphatic rings. The maximum Gasteiger partial charge on any atom is 0.274 e. The summed E-state index contributed by atoms with van der Waals surface area (Å²) in [6.07, 6.45) is -7.73. The van der Waals surface area contributed by atoms with E-state index in [1.807, 2.05) is 0 Å². The normalized spacial score (nSPS) is 21.4. The standard InChI is InChI=1S/C28H39FN7O17P3S/c1-28(2,22(39)25(40)32-8-7-18(37)31-9-10-57-27(41)15-3-5-16(29)6-4-15)12-50-56(47,48)53-55(45,46)49-11-17-21(52-54(42,43)44)20(38)26(51-17)36-14-35-19-23(30)33-13-34-24(19)36/h3-6,13-14,17,20-22,26,38-39H,7-12H2,1-2H3,(H,31,37)(H,32,40)(H,45,46)(H,47,48)(H2,30,33,34)(H2,42,43,44)/p-4/t17-,20-,21-,22+,26-/m1/s1. The Morgan fingerprint density at radius 3 is 2.39 bits per heavy atom. The van der Waals surface area contributed by atoms with E-state index in [2.05, 4.69) is 43.5 Å². The van der Waals surface area contributed by atoms with Crippen LogP contribution in [0.4, 0.5) is 10.2 Å². The molecule has 2 unspecified atom stereocenters. The molecule has 1 aliphatic heterocycles. The van der Waals surface area contributed by atoms with E-state index < -0.39 is 90.4 Å². The molecule has 4 rings (SSSR count). The second-order valence-electron chi connectivity index (χ2n) is 12.6. The van der Waals surface area contributed by atoms with Crippen LogP contribution < -0.4 is 35.9 Å². The molecule has 2 aromatic heterocycles. The summed E-state index contributed by atoms with van der Waals surface area (Å²) in [6.45, 7) is -0.127. The number of aromatic nitrogens is 4. The lowest BCUT2D eigenvalue weighted by Gasteiger charge is -2.36. The number of carbonyl (C=O) groups is 3. The molecular formula is C28H35FN7O17P3S-4. The summed E-state index contributed by atoms with van der Waals surface area (Å²) in [5, 5.41) is 25.8. The maximum absolute atomic E-state index is 13.0. The largest absolute Gasteiger partial charge is 0.790 e. The Balaban J connectivity index is 1.23. The van der Waals surface area contributed by atoms with Crippen LogP contribution in [0.5, 0.6) is 0 Å². The number of carbonyl (C=O) groups excluding carboxylic acids is 3. The van der Waals surface area contributed by atoms with Gasteiger partial charge in [0.15, 0.2) is 17.7 Å². The number of rotatable bonds is 20. The average molecular weight is 886 g/mol. The van der Waals surface area contributed by atoms with E-state index >= 15 is 0 Å². The number of aliphatic hydroxyl groups is 2. The maximum atomic E-state index is 13.0. The van der Waals surface area contributed by atoms with Gasteiger partial charge in [-0.2, -0.15) is 0 Å². The Bertz CT molecular complexity index is 2060. The van der Waals surface area contributed by atoms with E-state index in [4.69, 9.17) is 10.5 Å². The smallest absolute Gasteiger partial charge is 0.274 e. The molecule has 24 nitrogen and oxygen atoms in total. The van der Waals surface area contributed by atoms with Gasteiger partial charge in [-0.1, -0.05) is 25.6 Å². The lowest BCUT2D eigenvalue weighted by molar-refractivity contribution is -0.347. The number of nitrogens with zero attached hydrogens (tertiary/aromatic N) is 4. The molecule has 0 radical (unpaired) electrons. The molecule has 1 saturated heterocycles. The first-order valence-corrected chi connectivity index (χ1v) is 21.6. The second kappa shape index (κ2) is 19.2. The number of imidazole rings is 1. The number of hydrogen-bond acceptors (Lipinski definition) is 22. The van der Waals surface area contributed by atoms with Gasteiger partial charge in [0, 0.05) is 36.2 Å². The third kappa shape index (κ3) is 13.4. The van der Waals surface area contributed by atoms with Crippen LogP contribution in [0.1, 0.15) is 36.9 Å². The SMILES string of the molecule is CC(C)(COP(=O)([O-])OP(=O)([O-])OC[C@H]1O[C@@H](n2cnc3c(N)ncnc32)[C@H](O)[C@@H]1OP(=O)([O-])[O-])[C@@H](O)C(=O)NCCC(=O)NCCSC(=O)c1ccc(F)cc1. The molecule has 3 aromatic rings. The van der Waals surface area contributed by atoms with Gasteiger partial charge in [-0.3, -0.25) is 28.1 Å². The van der Waals surface area contributed by atoms with Crippen LogP contribution in [0.3, 0.4) is 0 Å². The quantitative estimate of drug-likeness (QED) is 0.0582. The highest BCUT2D eigenvalue weighted by Crippen LogP contribution is 2.56. The molecule has 0 aliphatic carbocycles. The molecule has 1 aromatic carbocycles. The number of aliphatic hydroxyl groups excluding tert-OH is 2. The molecule has 2 amide bonds. The van der Waals surface area contributed by atoms with Gasteiger partial charge in [0.2, 0.25) is 16.9 Å². The number of phosphoric ester groups is 3. The molecule has 7 atom stereocenters. The van der Waals surface area contributed by atoms with Gasteiger partial charge in [-0.15, -0.1) is 0 Å². The van der Waals surface area contributed by atoms with Crippen molar-refractivity contribution < 1.29 is 84.9 Å². The zero-order valence-corrected chi connectivity index (χ0v) is 33.1.